The number of sulfone groups is 1. The Hall–Kier alpha value is -0.880. The molecule has 1 aromatic rings. The zero-order valence-electron chi connectivity index (χ0n) is 9.97. The quantitative estimate of drug-likeness (QED) is 0.734. The lowest BCUT2D eigenvalue weighted by Gasteiger charge is -2.07. The zero-order chi connectivity index (χ0) is 12.2. The Morgan fingerprint density at radius 3 is 2.69 bits per heavy atom. The molecular weight excluding hydrogens is 226 g/mol. The van der Waals surface area contributed by atoms with E-state index in [-0.39, 0.29) is 11.0 Å². The topological polar surface area (TPSA) is 64.0 Å². The maximum Gasteiger partial charge on any atom is 0.153 e. The van der Waals surface area contributed by atoms with Gasteiger partial charge in [0.15, 0.2) is 9.84 Å². The van der Waals surface area contributed by atoms with Crippen LogP contribution in [0.2, 0.25) is 0 Å². The molecule has 5 nitrogen and oxygen atoms in total. The third-order valence-electron chi connectivity index (χ3n) is 2.37. The van der Waals surface area contributed by atoms with Gasteiger partial charge in [-0.25, -0.2) is 8.42 Å². The number of hydrogen-bond donors (Lipinski definition) is 1. The van der Waals surface area contributed by atoms with Crippen molar-refractivity contribution in [2.45, 2.75) is 25.6 Å². The van der Waals surface area contributed by atoms with E-state index in [1.54, 1.807) is 24.7 Å². The summed E-state index contributed by atoms with van der Waals surface area (Å²) in [5.41, 5.74) is 1.06. The Balaban J connectivity index is 2.27. The van der Waals surface area contributed by atoms with Crippen LogP contribution in [0.25, 0.3) is 0 Å². The van der Waals surface area contributed by atoms with E-state index >= 15 is 0 Å². The molecule has 0 saturated carbocycles. The maximum absolute atomic E-state index is 11.5. The monoisotopic (exact) mass is 245 g/mol. The number of nitrogens with zero attached hydrogens (tertiary/aromatic N) is 2. The molecule has 0 aromatic carbocycles. The van der Waals surface area contributed by atoms with Crippen LogP contribution in [0.5, 0.6) is 0 Å². The normalized spacial score (nSPS) is 12.2. The minimum absolute atomic E-state index is 0.185. The summed E-state index contributed by atoms with van der Waals surface area (Å²) in [6.45, 7) is 4.55. The first kappa shape index (κ1) is 13.2. The van der Waals surface area contributed by atoms with Crippen LogP contribution in [-0.2, 0) is 23.4 Å². The molecule has 16 heavy (non-hydrogen) atoms. The van der Waals surface area contributed by atoms with Gasteiger partial charge in [-0.05, 0) is 13.8 Å². The summed E-state index contributed by atoms with van der Waals surface area (Å²) in [6.07, 6.45) is 3.67. The average molecular weight is 245 g/mol. The average Bonchev–Trinajstić information content (AvgIpc) is 2.59. The standard InChI is InChI=1S/C10H19N3O2S/c1-9(2)16(14,15)5-4-11-6-10-7-12-13(3)8-10/h7-9,11H,4-6H2,1-3H3. The molecule has 0 aliphatic heterocycles. The Bertz CT molecular complexity index is 423. The van der Waals surface area contributed by atoms with E-state index in [9.17, 15) is 8.42 Å². The number of aromatic nitrogens is 2. The van der Waals surface area contributed by atoms with Gasteiger partial charge in [-0.15, -0.1) is 0 Å². The highest BCUT2D eigenvalue weighted by Gasteiger charge is 2.14. The highest BCUT2D eigenvalue weighted by Crippen LogP contribution is 2.00. The highest BCUT2D eigenvalue weighted by molar-refractivity contribution is 7.92. The first-order chi connectivity index (χ1) is 7.42. The van der Waals surface area contributed by atoms with E-state index in [1.807, 2.05) is 13.2 Å². The summed E-state index contributed by atoms with van der Waals surface area (Å²) in [5.74, 6) is 0.185. The van der Waals surface area contributed by atoms with Crippen LogP contribution in [0, 0.1) is 0 Å². The van der Waals surface area contributed by atoms with Gasteiger partial charge in [0, 0.05) is 31.9 Å². The smallest absolute Gasteiger partial charge is 0.153 e. The summed E-state index contributed by atoms with van der Waals surface area (Å²) < 4.78 is 24.7. The molecule has 1 rings (SSSR count). The summed E-state index contributed by atoms with van der Waals surface area (Å²) in [5, 5.41) is 6.83. The Morgan fingerprint density at radius 1 is 1.50 bits per heavy atom. The van der Waals surface area contributed by atoms with Crippen LogP contribution < -0.4 is 5.32 Å². The van der Waals surface area contributed by atoms with Gasteiger partial charge < -0.3 is 5.32 Å². The molecule has 0 fully saturated rings. The Kier molecular flexibility index (Phi) is 4.49. The van der Waals surface area contributed by atoms with E-state index in [1.165, 1.54) is 0 Å². The van der Waals surface area contributed by atoms with Crippen LogP contribution in [0.3, 0.4) is 0 Å². The zero-order valence-corrected chi connectivity index (χ0v) is 10.8. The van der Waals surface area contributed by atoms with E-state index in [0.29, 0.717) is 13.1 Å². The molecule has 1 heterocycles. The van der Waals surface area contributed by atoms with Crippen LogP contribution in [-0.4, -0.2) is 35.7 Å². The molecule has 0 atom stereocenters. The SMILES string of the molecule is CC(C)S(=O)(=O)CCNCc1cnn(C)c1. The molecule has 0 radical (unpaired) electrons. The second-order valence-electron chi connectivity index (χ2n) is 4.11. The number of aryl methyl sites for hydroxylation is 1. The maximum atomic E-state index is 11.5. The van der Waals surface area contributed by atoms with E-state index in [2.05, 4.69) is 10.4 Å². The molecule has 0 unspecified atom stereocenters. The van der Waals surface area contributed by atoms with E-state index in [4.69, 9.17) is 0 Å². The van der Waals surface area contributed by atoms with Gasteiger partial charge in [0.25, 0.3) is 0 Å². The van der Waals surface area contributed by atoms with Crippen molar-refractivity contribution in [2.75, 3.05) is 12.3 Å². The van der Waals surface area contributed by atoms with Crippen molar-refractivity contribution in [3.8, 4) is 0 Å². The fourth-order valence-corrected chi connectivity index (χ4v) is 2.15. The van der Waals surface area contributed by atoms with Crippen molar-refractivity contribution < 1.29 is 8.42 Å². The molecule has 1 aromatic heterocycles. The second-order valence-corrected chi connectivity index (χ2v) is 6.79. The van der Waals surface area contributed by atoms with Crippen LogP contribution >= 0.6 is 0 Å². The minimum atomic E-state index is -2.93. The van der Waals surface area contributed by atoms with Crippen molar-refractivity contribution in [3.63, 3.8) is 0 Å². The minimum Gasteiger partial charge on any atom is -0.312 e. The third-order valence-corrected chi connectivity index (χ3v) is 4.58. The summed E-state index contributed by atoms with van der Waals surface area (Å²) >= 11 is 0. The van der Waals surface area contributed by atoms with Crippen molar-refractivity contribution in [2.24, 2.45) is 7.05 Å². The molecule has 0 spiro atoms. The highest BCUT2D eigenvalue weighted by atomic mass is 32.2. The molecule has 0 amide bonds. The molecule has 0 aliphatic carbocycles. The largest absolute Gasteiger partial charge is 0.312 e. The Morgan fingerprint density at radius 2 is 2.19 bits per heavy atom. The van der Waals surface area contributed by atoms with Gasteiger partial charge in [0.2, 0.25) is 0 Å². The molecule has 92 valence electrons. The molecule has 0 saturated heterocycles. The molecular formula is C10H19N3O2S. The summed E-state index contributed by atoms with van der Waals surface area (Å²) in [4.78, 5) is 0. The van der Waals surface area contributed by atoms with Gasteiger partial charge in [0.05, 0.1) is 17.2 Å². The Labute approximate surface area is 96.8 Å². The number of nitrogens with one attached hydrogen (secondary N) is 1. The fourth-order valence-electron chi connectivity index (χ4n) is 1.25. The lowest BCUT2D eigenvalue weighted by molar-refractivity contribution is 0.582. The fraction of sp³-hybridized carbons (Fsp3) is 0.700. The van der Waals surface area contributed by atoms with Crippen molar-refractivity contribution in [3.05, 3.63) is 18.0 Å². The van der Waals surface area contributed by atoms with Crippen LogP contribution in [0.4, 0.5) is 0 Å². The lowest BCUT2D eigenvalue weighted by Crippen LogP contribution is -2.26. The van der Waals surface area contributed by atoms with Gasteiger partial charge >= 0.3 is 0 Å². The van der Waals surface area contributed by atoms with Crippen molar-refractivity contribution >= 4 is 9.84 Å². The predicted molar refractivity (Wildman–Crippen MR) is 63.8 cm³/mol. The van der Waals surface area contributed by atoms with Gasteiger partial charge in [-0.2, -0.15) is 5.10 Å². The lowest BCUT2D eigenvalue weighted by atomic mass is 10.3. The van der Waals surface area contributed by atoms with Gasteiger partial charge in [0.1, 0.15) is 0 Å². The van der Waals surface area contributed by atoms with Gasteiger partial charge in [-0.3, -0.25) is 4.68 Å². The van der Waals surface area contributed by atoms with Crippen molar-refractivity contribution in [1.82, 2.24) is 15.1 Å². The van der Waals surface area contributed by atoms with Crippen molar-refractivity contribution in [1.29, 1.82) is 0 Å². The van der Waals surface area contributed by atoms with Crippen LogP contribution in [0.15, 0.2) is 12.4 Å². The first-order valence-electron chi connectivity index (χ1n) is 5.31. The first-order valence-corrected chi connectivity index (χ1v) is 7.03. The molecule has 0 aliphatic rings. The predicted octanol–water partition coefficient (Wildman–Crippen LogP) is 0.333. The molecule has 6 heteroatoms. The number of rotatable bonds is 6. The van der Waals surface area contributed by atoms with Gasteiger partial charge in [-0.1, -0.05) is 0 Å². The summed E-state index contributed by atoms with van der Waals surface area (Å²) in [6, 6.07) is 0. The van der Waals surface area contributed by atoms with E-state index in [0.717, 1.165) is 5.56 Å². The van der Waals surface area contributed by atoms with Crippen LogP contribution in [0.1, 0.15) is 19.4 Å². The molecule has 0 bridgehead atoms. The molecule has 1 N–H and O–H groups in total. The number of hydrogen-bond acceptors (Lipinski definition) is 4. The third kappa shape index (κ3) is 3.94. The van der Waals surface area contributed by atoms with E-state index < -0.39 is 9.84 Å². The second kappa shape index (κ2) is 5.45. The summed E-state index contributed by atoms with van der Waals surface area (Å²) in [7, 11) is -1.08.